The molecule has 0 aromatic carbocycles. The third-order valence-corrected chi connectivity index (χ3v) is 4.03. The predicted octanol–water partition coefficient (Wildman–Crippen LogP) is 3.00. The normalized spacial score (nSPS) is 27.3. The number of hydrogen-bond donors (Lipinski definition) is 1. The first-order valence-electron chi connectivity index (χ1n) is 6.18. The van der Waals surface area contributed by atoms with Crippen molar-refractivity contribution in [3.8, 4) is 0 Å². The van der Waals surface area contributed by atoms with E-state index in [1.165, 1.54) is 24.1 Å². The number of rotatable bonds is 3. The van der Waals surface area contributed by atoms with Gasteiger partial charge in [-0.15, -0.1) is 11.6 Å². The molecule has 2 aliphatic carbocycles. The lowest BCUT2D eigenvalue weighted by Crippen LogP contribution is -2.30. The summed E-state index contributed by atoms with van der Waals surface area (Å²) in [6.45, 7) is 1.02. The molecule has 16 heavy (non-hydrogen) atoms. The second-order valence-electron chi connectivity index (χ2n) is 4.97. The van der Waals surface area contributed by atoms with Crippen LogP contribution in [0, 0.1) is 5.92 Å². The molecule has 86 valence electrons. The van der Waals surface area contributed by atoms with Gasteiger partial charge in [-0.1, -0.05) is 6.07 Å². The SMILES string of the molecule is ClC1CC(CNc2ccc3c(n2)CCC3)C1. The quantitative estimate of drug-likeness (QED) is 0.817. The third-order valence-electron chi connectivity index (χ3n) is 3.68. The van der Waals surface area contributed by atoms with Crippen LogP contribution in [0.15, 0.2) is 12.1 Å². The van der Waals surface area contributed by atoms with Crippen LogP contribution in [0.5, 0.6) is 0 Å². The van der Waals surface area contributed by atoms with E-state index in [-0.39, 0.29) is 0 Å². The zero-order chi connectivity index (χ0) is 11.0. The van der Waals surface area contributed by atoms with Gasteiger partial charge in [0.1, 0.15) is 5.82 Å². The van der Waals surface area contributed by atoms with Crippen LogP contribution < -0.4 is 5.32 Å². The summed E-state index contributed by atoms with van der Waals surface area (Å²) in [6, 6.07) is 4.34. The minimum Gasteiger partial charge on any atom is -0.370 e. The van der Waals surface area contributed by atoms with Crippen molar-refractivity contribution >= 4 is 17.4 Å². The van der Waals surface area contributed by atoms with E-state index in [0.29, 0.717) is 5.38 Å². The molecule has 0 radical (unpaired) electrons. The van der Waals surface area contributed by atoms with Crippen LogP contribution in [0.4, 0.5) is 5.82 Å². The van der Waals surface area contributed by atoms with E-state index < -0.39 is 0 Å². The maximum Gasteiger partial charge on any atom is 0.126 e. The zero-order valence-electron chi connectivity index (χ0n) is 9.38. The molecular formula is C13H17ClN2. The number of nitrogens with zero attached hydrogens (tertiary/aromatic N) is 1. The molecule has 1 heterocycles. The molecule has 1 aromatic rings. The van der Waals surface area contributed by atoms with Gasteiger partial charge in [-0.25, -0.2) is 4.98 Å². The summed E-state index contributed by atoms with van der Waals surface area (Å²) in [5.41, 5.74) is 2.74. The van der Waals surface area contributed by atoms with Gasteiger partial charge in [0, 0.05) is 17.6 Å². The number of nitrogens with one attached hydrogen (secondary N) is 1. The zero-order valence-corrected chi connectivity index (χ0v) is 10.1. The first kappa shape index (κ1) is 10.4. The van der Waals surface area contributed by atoms with Gasteiger partial charge in [0.05, 0.1) is 0 Å². The highest BCUT2D eigenvalue weighted by Gasteiger charge is 2.26. The molecule has 0 atom stereocenters. The van der Waals surface area contributed by atoms with E-state index in [1.54, 1.807) is 0 Å². The monoisotopic (exact) mass is 236 g/mol. The highest BCUT2D eigenvalue weighted by molar-refractivity contribution is 6.21. The first-order chi connectivity index (χ1) is 7.81. The van der Waals surface area contributed by atoms with Gasteiger partial charge < -0.3 is 5.32 Å². The van der Waals surface area contributed by atoms with Crippen LogP contribution in [0.2, 0.25) is 0 Å². The second-order valence-corrected chi connectivity index (χ2v) is 5.59. The van der Waals surface area contributed by atoms with E-state index >= 15 is 0 Å². The number of halogens is 1. The van der Waals surface area contributed by atoms with Crippen LogP contribution in [0.1, 0.15) is 30.5 Å². The first-order valence-corrected chi connectivity index (χ1v) is 6.61. The summed E-state index contributed by atoms with van der Waals surface area (Å²) >= 11 is 5.96. The molecule has 2 nitrogen and oxygen atoms in total. The summed E-state index contributed by atoms with van der Waals surface area (Å²) in [5.74, 6) is 1.79. The maximum atomic E-state index is 5.96. The highest BCUT2D eigenvalue weighted by Crippen LogP contribution is 2.32. The molecule has 3 heteroatoms. The molecule has 0 unspecified atom stereocenters. The van der Waals surface area contributed by atoms with Crippen molar-refractivity contribution in [2.24, 2.45) is 5.92 Å². The summed E-state index contributed by atoms with van der Waals surface area (Å²) in [4.78, 5) is 4.66. The van der Waals surface area contributed by atoms with Crippen molar-refractivity contribution < 1.29 is 0 Å². The van der Waals surface area contributed by atoms with Gasteiger partial charge in [-0.3, -0.25) is 0 Å². The van der Waals surface area contributed by atoms with Gasteiger partial charge in [-0.05, 0) is 49.7 Å². The van der Waals surface area contributed by atoms with Crippen molar-refractivity contribution in [2.75, 3.05) is 11.9 Å². The summed E-state index contributed by atoms with van der Waals surface area (Å²) in [6.07, 6.45) is 5.93. The maximum absolute atomic E-state index is 5.96. The Morgan fingerprint density at radius 2 is 2.19 bits per heavy atom. The average molecular weight is 237 g/mol. The van der Waals surface area contributed by atoms with E-state index in [0.717, 1.165) is 37.5 Å². The van der Waals surface area contributed by atoms with Crippen molar-refractivity contribution in [3.05, 3.63) is 23.4 Å². The molecule has 1 saturated carbocycles. The molecule has 1 N–H and O–H groups in total. The van der Waals surface area contributed by atoms with E-state index in [2.05, 4.69) is 22.4 Å². The predicted molar refractivity (Wildman–Crippen MR) is 67.1 cm³/mol. The van der Waals surface area contributed by atoms with Crippen molar-refractivity contribution in [1.29, 1.82) is 0 Å². The lowest BCUT2D eigenvalue weighted by Gasteiger charge is -2.31. The Balaban J connectivity index is 1.58. The van der Waals surface area contributed by atoms with Crippen LogP contribution in [-0.2, 0) is 12.8 Å². The minimum absolute atomic E-state index is 0.416. The fraction of sp³-hybridized carbons (Fsp3) is 0.615. The van der Waals surface area contributed by atoms with Crippen LogP contribution in [0.3, 0.4) is 0 Å². The van der Waals surface area contributed by atoms with Gasteiger partial charge in [0.25, 0.3) is 0 Å². The van der Waals surface area contributed by atoms with Crippen molar-refractivity contribution in [2.45, 2.75) is 37.5 Å². The number of pyridine rings is 1. The van der Waals surface area contributed by atoms with Crippen molar-refractivity contribution in [3.63, 3.8) is 0 Å². The molecule has 2 aliphatic rings. The largest absolute Gasteiger partial charge is 0.370 e. The van der Waals surface area contributed by atoms with Gasteiger partial charge in [0.15, 0.2) is 0 Å². The lowest BCUT2D eigenvalue weighted by atomic mass is 9.85. The van der Waals surface area contributed by atoms with Crippen LogP contribution >= 0.6 is 11.6 Å². The Labute approximate surface area is 101 Å². The molecule has 0 saturated heterocycles. The van der Waals surface area contributed by atoms with E-state index in [1.807, 2.05) is 0 Å². The fourth-order valence-corrected chi connectivity index (χ4v) is 3.09. The molecule has 0 amide bonds. The van der Waals surface area contributed by atoms with Gasteiger partial charge in [0.2, 0.25) is 0 Å². The van der Waals surface area contributed by atoms with Crippen molar-refractivity contribution in [1.82, 2.24) is 4.98 Å². The molecule has 1 fully saturated rings. The minimum atomic E-state index is 0.416. The molecule has 1 aromatic heterocycles. The third kappa shape index (κ3) is 2.03. The summed E-state index contributed by atoms with van der Waals surface area (Å²) in [5, 5.41) is 3.84. The Hall–Kier alpha value is -0.760. The van der Waals surface area contributed by atoms with Crippen LogP contribution in [0.25, 0.3) is 0 Å². The van der Waals surface area contributed by atoms with Crippen LogP contribution in [-0.4, -0.2) is 16.9 Å². The summed E-state index contributed by atoms with van der Waals surface area (Å²) < 4.78 is 0. The highest BCUT2D eigenvalue weighted by atomic mass is 35.5. The number of anilines is 1. The molecule has 3 rings (SSSR count). The number of fused-ring (bicyclic) bond motifs is 1. The Morgan fingerprint density at radius 3 is 3.00 bits per heavy atom. The molecule has 0 bridgehead atoms. The number of hydrogen-bond acceptors (Lipinski definition) is 2. The Kier molecular flexibility index (Phi) is 2.76. The van der Waals surface area contributed by atoms with E-state index in [9.17, 15) is 0 Å². The second kappa shape index (κ2) is 4.25. The fourth-order valence-electron chi connectivity index (χ4n) is 2.59. The van der Waals surface area contributed by atoms with E-state index in [4.69, 9.17) is 11.6 Å². The van der Waals surface area contributed by atoms with Gasteiger partial charge >= 0.3 is 0 Å². The average Bonchev–Trinajstić information content (AvgIpc) is 2.69. The standard InChI is InChI=1S/C13H17ClN2/c14-11-6-9(7-11)8-15-13-5-4-10-2-1-3-12(10)16-13/h4-5,9,11H,1-3,6-8H2,(H,15,16). The van der Waals surface area contributed by atoms with Gasteiger partial charge in [-0.2, -0.15) is 0 Å². The number of aryl methyl sites for hydroxylation is 2. The Bertz CT molecular complexity index is 386. The number of aromatic nitrogens is 1. The summed E-state index contributed by atoms with van der Waals surface area (Å²) in [7, 11) is 0. The smallest absolute Gasteiger partial charge is 0.126 e. The lowest BCUT2D eigenvalue weighted by molar-refractivity contribution is 0.341. The Morgan fingerprint density at radius 1 is 1.31 bits per heavy atom. The molecular weight excluding hydrogens is 220 g/mol. The topological polar surface area (TPSA) is 24.9 Å². The molecule has 0 aliphatic heterocycles. The number of alkyl halides is 1. The molecule has 0 spiro atoms.